The Morgan fingerprint density at radius 2 is 2.04 bits per heavy atom. The number of nitrogens with zero attached hydrogens (tertiary/aromatic N) is 1. The Hall–Kier alpha value is -1.75. The molecule has 1 aromatic carbocycles. The zero-order valence-corrected chi connectivity index (χ0v) is 15.5. The predicted octanol–water partition coefficient (Wildman–Crippen LogP) is 4.03. The lowest BCUT2D eigenvalue weighted by molar-refractivity contribution is 0.0285. The molecule has 5 heteroatoms. The van der Waals surface area contributed by atoms with Gasteiger partial charge < -0.3 is 19.7 Å². The topological polar surface area (TPSA) is 50.8 Å². The van der Waals surface area contributed by atoms with Crippen molar-refractivity contribution < 1.29 is 14.3 Å². The van der Waals surface area contributed by atoms with Gasteiger partial charge in [0.2, 0.25) is 0 Å². The Balaban J connectivity index is 1.94. The van der Waals surface area contributed by atoms with E-state index in [2.05, 4.69) is 12.2 Å². The lowest BCUT2D eigenvalue weighted by atomic mass is 10.1. The number of amides is 1. The number of anilines is 1. The number of carbonyl (C=O) groups is 1. The first-order valence-electron chi connectivity index (χ1n) is 8.66. The standard InChI is InChI=1S/C19H30N2O3/c1-14-10-11-16(23-14)12-20-17-9-7-6-8-15(17)13-21(5)18(22)24-19(2,3)4/h6-9,14,16,20H,10-13H2,1-5H3. The number of nitrogens with one attached hydrogen (secondary N) is 1. The molecule has 1 aromatic rings. The molecule has 2 unspecified atom stereocenters. The Kier molecular flexibility index (Phi) is 6.10. The van der Waals surface area contributed by atoms with E-state index in [1.165, 1.54) is 0 Å². The molecule has 1 N–H and O–H groups in total. The maximum atomic E-state index is 12.1. The number of carbonyl (C=O) groups excluding carboxylic acids is 1. The van der Waals surface area contributed by atoms with Gasteiger partial charge in [0.15, 0.2) is 0 Å². The van der Waals surface area contributed by atoms with Gasteiger partial charge in [-0.2, -0.15) is 0 Å². The van der Waals surface area contributed by atoms with Gasteiger partial charge in [0.25, 0.3) is 0 Å². The van der Waals surface area contributed by atoms with Gasteiger partial charge in [-0.1, -0.05) is 18.2 Å². The fourth-order valence-electron chi connectivity index (χ4n) is 2.75. The van der Waals surface area contributed by atoms with Crippen LogP contribution in [0.15, 0.2) is 24.3 Å². The third-order valence-electron chi connectivity index (χ3n) is 3.97. The van der Waals surface area contributed by atoms with Crippen molar-refractivity contribution in [3.63, 3.8) is 0 Å². The lowest BCUT2D eigenvalue weighted by Crippen LogP contribution is -2.34. The molecule has 24 heavy (non-hydrogen) atoms. The van der Waals surface area contributed by atoms with E-state index < -0.39 is 5.60 Å². The number of rotatable bonds is 5. The maximum Gasteiger partial charge on any atom is 0.410 e. The normalized spacial score (nSPS) is 20.7. The van der Waals surface area contributed by atoms with Gasteiger partial charge >= 0.3 is 6.09 Å². The molecule has 1 heterocycles. The molecule has 1 aliphatic heterocycles. The fraction of sp³-hybridized carbons (Fsp3) is 0.632. The number of hydrogen-bond donors (Lipinski definition) is 1. The van der Waals surface area contributed by atoms with E-state index in [-0.39, 0.29) is 12.2 Å². The molecule has 134 valence electrons. The van der Waals surface area contributed by atoms with Crippen molar-refractivity contribution >= 4 is 11.8 Å². The summed E-state index contributed by atoms with van der Waals surface area (Å²) in [6.07, 6.45) is 2.51. The van der Waals surface area contributed by atoms with Crippen LogP contribution >= 0.6 is 0 Å². The molecule has 1 fully saturated rings. The van der Waals surface area contributed by atoms with Gasteiger partial charge in [-0.25, -0.2) is 4.79 Å². The molecule has 1 amide bonds. The predicted molar refractivity (Wildman–Crippen MR) is 96.2 cm³/mol. The van der Waals surface area contributed by atoms with Gasteiger partial charge in [0.1, 0.15) is 5.60 Å². The van der Waals surface area contributed by atoms with Crippen LogP contribution in [0.3, 0.4) is 0 Å². The molecule has 0 aromatic heterocycles. The zero-order chi connectivity index (χ0) is 17.7. The lowest BCUT2D eigenvalue weighted by Gasteiger charge is -2.25. The molecule has 1 saturated heterocycles. The highest BCUT2D eigenvalue weighted by Crippen LogP contribution is 2.22. The summed E-state index contributed by atoms with van der Waals surface area (Å²) >= 11 is 0. The smallest absolute Gasteiger partial charge is 0.410 e. The number of hydrogen-bond acceptors (Lipinski definition) is 4. The average molecular weight is 334 g/mol. The summed E-state index contributed by atoms with van der Waals surface area (Å²) in [4.78, 5) is 13.7. The SMILES string of the molecule is CC1CCC(CNc2ccccc2CN(C)C(=O)OC(C)(C)C)O1. The van der Waals surface area contributed by atoms with Crippen LogP contribution in [0.4, 0.5) is 10.5 Å². The summed E-state index contributed by atoms with van der Waals surface area (Å²) in [6, 6.07) is 8.05. The van der Waals surface area contributed by atoms with Crippen molar-refractivity contribution in [1.82, 2.24) is 4.90 Å². The summed E-state index contributed by atoms with van der Waals surface area (Å²) in [5, 5.41) is 3.46. The molecular formula is C19H30N2O3. The van der Waals surface area contributed by atoms with Crippen molar-refractivity contribution in [3.8, 4) is 0 Å². The quantitative estimate of drug-likeness (QED) is 0.883. The van der Waals surface area contributed by atoms with E-state index in [4.69, 9.17) is 9.47 Å². The fourth-order valence-corrected chi connectivity index (χ4v) is 2.75. The Morgan fingerprint density at radius 3 is 2.67 bits per heavy atom. The summed E-state index contributed by atoms with van der Waals surface area (Å²) < 4.78 is 11.3. The van der Waals surface area contributed by atoms with Crippen LogP contribution in [-0.4, -0.2) is 42.4 Å². The van der Waals surface area contributed by atoms with E-state index in [1.54, 1.807) is 11.9 Å². The first-order chi connectivity index (χ1) is 11.2. The van der Waals surface area contributed by atoms with Crippen molar-refractivity contribution in [2.24, 2.45) is 0 Å². The molecule has 1 aliphatic rings. The first-order valence-corrected chi connectivity index (χ1v) is 8.66. The summed E-state index contributed by atoms with van der Waals surface area (Å²) in [5.74, 6) is 0. The van der Waals surface area contributed by atoms with Gasteiger partial charge in [-0.15, -0.1) is 0 Å². The molecule has 2 atom stereocenters. The first kappa shape index (κ1) is 18.6. The van der Waals surface area contributed by atoms with Crippen LogP contribution in [0.25, 0.3) is 0 Å². The van der Waals surface area contributed by atoms with Crippen LogP contribution in [0, 0.1) is 0 Å². The van der Waals surface area contributed by atoms with Gasteiger partial charge in [0, 0.05) is 19.3 Å². The van der Waals surface area contributed by atoms with Crippen molar-refractivity contribution in [1.29, 1.82) is 0 Å². The summed E-state index contributed by atoms with van der Waals surface area (Å²) in [6.45, 7) is 9.02. The number of ether oxygens (including phenoxy) is 2. The Morgan fingerprint density at radius 1 is 1.33 bits per heavy atom. The largest absolute Gasteiger partial charge is 0.444 e. The minimum atomic E-state index is -0.486. The summed E-state index contributed by atoms with van der Waals surface area (Å²) in [7, 11) is 1.76. The second-order valence-corrected chi connectivity index (χ2v) is 7.52. The van der Waals surface area contributed by atoms with Crippen LogP contribution < -0.4 is 5.32 Å². The van der Waals surface area contributed by atoms with E-state index in [0.717, 1.165) is 30.6 Å². The minimum Gasteiger partial charge on any atom is -0.444 e. The molecule has 0 radical (unpaired) electrons. The van der Waals surface area contributed by atoms with Crippen LogP contribution in [-0.2, 0) is 16.0 Å². The van der Waals surface area contributed by atoms with E-state index in [1.807, 2.05) is 45.0 Å². The van der Waals surface area contributed by atoms with Crippen LogP contribution in [0.2, 0.25) is 0 Å². The highest BCUT2D eigenvalue weighted by Gasteiger charge is 2.22. The van der Waals surface area contributed by atoms with Crippen LogP contribution in [0.1, 0.15) is 46.1 Å². The average Bonchev–Trinajstić information content (AvgIpc) is 2.90. The van der Waals surface area contributed by atoms with Crippen molar-refractivity contribution in [2.45, 2.75) is 64.9 Å². The highest BCUT2D eigenvalue weighted by atomic mass is 16.6. The van der Waals surface area contributed by atoms with Gasteiger partial charge in [-0.3, -0.25) is 0 Å². The van der Waals surface area contributed by atoms with E-state index in [9.17, 15) is 4.79 Å². The van der Waals surface area contributed by atoms with E-state index in [0.29, 0.717) is 12.6 Å². The maximum absolute atomic E-state index is 12.1. The molecule has 0 bridgehead atoms. The molecule has 0 saturated carbocycles. The molecule has 5 nitrogen and oxygen atoms in total. The van der Waals surface area contributed by atoms with Gasteiger partial charge in [0.05, 0.1) is 18.8 Å². The van der Waals surface area contributed by atoms with Crippen molar-refractivity contribution in [3.05, 3.63) is 29.8 Å². The third kappa shape index (κ3) is 5.71. The van der Waals surface area contributed by atoms with Crippen molar-refractivity contribution in [2.75, 3.05) is 18.9 Å². The van der Waals surface area contributed by atoms with Crippen LogP contribution in [0.5, 0.6) is 0 Å². The molecule has 2 rings (SSSR count). The second kappa shape index (κ2) is 7.88. The molecular weight excluding hydrogens is 304 g/mol. The highest BCUT2D eigenvalue weighted by molar-refractivity contribution is 5.68. The second-order valence-electron chi connectivity index (χ2n) is 7.52. The van der Waals surface area contributed by atoms with Gasteiger partial charge in [-0.05, 0) is 52.2 Å². The Labute approximate surface area is 145 Å². The number of para-hydroxylation sites is 1. The summed E-state index contributed by atoms with van der Waals surface area (Å²) in [5.41, 5.74) is 1.62. The molecule has 0 spiro atoms. The minimum absolute atomic E-state index is 0.261. The monoisotopic (exact) mass is 334 g/mol. The number of benzene rings is 1. The molecule has 0 aliphatic carbocycles. The third-order valence-corrected chi connectivity index (χ3v) is 3.97. The van der Waals surface area contributed by atoms with E-state index >= 15 is 0 Å². The zero-order valence-electron chi connectivity index (χ0n) is 15.5. The Bertz CT molecular complexity index is 554.